The third-order valence-electron chi connectivity index (χ3n) is 9.47. The van der Waals surface area contributed by atoms with Crippen molar-refractivity contribution in [3.8, 4) is 0 Å². The van der Waals surface area contributed by atoms with Crippen molar-refractivity contribution < 1.29 is 19.4 Å². The lowest BCUT2D eigenvalue weighted by Gasteiger charge is -2.61. The standard InChI is InChI=1S/C24H32O5/c1-23-8-6-13(25)10-16(23)18(26)11-14-15(23)7-9-24(2)17(12-19(27)22(14)24)20-4-3-5-21(28)29-20/h3-5,13-18,22,25-26H,6-12H2,1-2H3/t13-,14+,15-,16+,17+,18-,22+,23+,24+/m0/s1. The number of fused-ring (bicyclic) bond motifs is 5. The minimum atomic E-state index is -0.458. The topological polar surface area (TPSA) is 87.7 Å². The van der Waals surface area contributed by atoms with Crippen molar-refractivity contribution in [1.82, 2.24) is 0 Å². The van der Waals surface area contributed by atoms with Crippen LogP contribution >= 0.6 is 0 Å². The molecule has 5 rings (SSSR count). The fourth-order valence-corrected chi connectivity index (χ4v) is 8.10. The summed E-state index contributed by atoms with van der Waals surface area (Å²) in [4.78, 5) is 25.1. The lowest BCUT2D eigenvalue weighted by Crippen LogP contribution is -2.58. The number of ketones is 1. The van der Waals surface area contributed by atoms with Crippen LogP contribution in [-0.2, 0) is 4.79 Å². The molecule has 4 saturated carbocycles. The van der Waals surface area contributed by atoms with Crippen LogP contribution in [0.25, 0.3) is 0 Å². The third kappa shape index (κ3) is 2.73. The number of rotatable bonds is 1. The van der Waals surface area contributed by atoms with E-state index in [0.717, 1.165) is 25.7 Å². The van der Waals surface area contributed by atoms with Crippen LogP contribution in [0.5, 0.6) is 0 Å². The first-order valence-corrected chi connectivity index (χ1v) is 11.2. The molecule has 29 heavy (non-hydrogen) atoms. The molecule has 1 aromatic heterocycles. The average Bonchev–Trinajstić information content (AvgIpc) is 2.94. The Hall–Kier alpha value is -1.46. The molecule has 5 nitrogen and oxygen atoms in total. The zero-order chi connectivity index (χ0) is 20.6. The van der Waals surface area contributed by atoms with Gasteiger partial charge in [0.15, 0.2) is 0 Å². The van der Waals surface area contributed by atoms with Crippen LogP contribution in [-0.4, -0.2) is 28.2 Å². The lowest BCUT2D eigenvalue weighted by atomic mass is 9.44. The number of hydrogen-bond donors (Lipinski definition) is 2. The van der Waals surface area contributed by atoms with E-state index < -0.39 is 6.10 Å². The second kappa shape index (κ2) is 6.52. The van der Waals surface area contributed by atoms with Crippen molar-refractivity contribution in [2.45, 2.75) is 76.9 Å². The second-order valence-electron chi connectivity index (χ2n) is 10.7. The molecule has 1 heterocycles. The van der Waals surface area contributed by atoms with Gasteiger partial charge in [-0.2, -0.15) is 0 Å². The molecule has 2 N–H and O–H groups in total. The summed E-state index contributed by atoms with van der Waals surface area (Å²) in [5.74, 6) is 1.46. The molecule has 0 unspecified atom stereocenters. The van der Waals surface area contributed by atoms with Crippen LogP contribution in [0.2, 0.25) is 0 Å². The first-order valence-electron chi connectivity index (χ1n) is 11.2. The molecule has 0 aromatic carbocycles. The van der Waals surface area contributed by atoms with E-state index in [1.807, 2.05) is 6.07 Å². The van der Waals surface area contributed by atoms with E-state index >= 15 is 0 Å². The van der Waals surface area contributed by atoms with Crippen LogP contribution in [0.15, 0.2) is 27.4 Å². The van der Waals surface area contributed by atoms with Crippen molar-refractivity contribution in [1.29, 1.82) is 0 Å². The van der Waals surface area contributed by atoms with Crippen LogP contribution in [0.3, 0.4) is 0 Å². The molecule has 1 aromatic rings. The number of carbonyl (C=O) groups is 1. The van der Waals surface area contributed by atoms with Crippen LogP contribution in [0.1, 0.15) is 70.5 Å². The van der Waals surface area contributed by atoms with Crippen molar-refractivity contribution in [2.75, 3.05) is 0 Å². The molecule has 4 aliphatic carbocycles. The molecular formula is C24H32O5. The quantitative estimate of drug-likeness (QED) is 0.755. The van der Waals surface area contributed by atoms with Crippen molar-refractivity contribution in [2.24, 2.45) is 34.5 Å². The van der Waals surface area contributed by atoms with Gasteiger partial charge in [-0.05, 0) is 73.2 Å². The summed E-state index contributed by atoms with van der Waals surface area (Å²) in [5, 5.41) is 21.2. The fourth-order valence-electron chi connectivity index (χ4n) is 8.10. The normalized spacial score (nSPS) is 49.2. The zero-order valence-electron chi connectivity index (χ0n) is 17.3. The van der Waals surface area contributed by atoms with Gasteiger partial charge >= 0.3 is 5.63 Å². The van der Waals surface area contributed by atoms with Crippen molar-refractivity contribution >= 4 is 5.78 Å². The molecule has 0 saturated heterocycles. The molecule has 9 atom stereocenters. The molecular weight excluding hydrogens is 368 g/mol. The molecule has 4 aliphatic rings. The SMILES string of the molecule is C[C@]12CC[C@H](O)C[C@@H]1[C@@H](O)C[C@@H]1[C@@H]2CC[C@]2(C)[C@@H](c3cccc(=O)o3)CC(=O)[C@@H]12. The summed E-state index contributed by atoms with van der Waals surface area (Å²) in [7, 11) is 0. The van der Waals surface area contributed by atoms with Gasteiger partial charge in [-0.3, -0.25) is 4.79 Å². The van der Waals surface area contributed by atoms with Gasteiger partial charge in [0.25, 0.3) is 0 Å². The highest BCUT2D eigenvalue weighted by atomic mass is 16.4. The Balaban J connectivity index is 1.51. The van der Waals surface area contributed by atoms with E-state index in [9.17, 15) is 19.8 Å². The van der Waals surface area contributed by atoms with Gasteiger partial charge in [0.05, 0.1) is 12.2 Å². The summed E-state index contributed by atoms with van der Waals surface area (Å²) in [6.07, 6.45) is 4.66. The fraction of sp³-hybridized carbons (Fsp3) is 0.750. The summed E-state index contributed by atoms with van der Waals surface area (Å²) in [6, 6.07) is 4.97. The summed E-state index contributed by atoms with van der Waals surface area (Å²) < 4.78 is 5.51. The Morgan fingerprint density at radius 2 is 1.76 bits per heavy atom. The van der Waals surface area contributed by atoms with Gasteiger partial charge in [-0.15, -0.1) is 0 Å². The van der Waals surface area contributed by atoms with Gasteiger partial charge in [0.1, 0.15) is 11.5 Å². The minimum absolute atomic E-state index is 0.0133. The molecule has 0 aliphatic heterocycles. The van der Waals surface area contributed by atoms with Crippen molar-refractivity contribution in [3.63, 3.8) is 0 Å². The predicted molar refractivity (Wildman–Crippen MR) is 107 cm³/mol. The van der Waals surface area contributed by atoms with Gasteiger partial charge in [-0.25, -0.2) is 4.79 Å². The molecule has 4 fully saturated rings. The molecule has 0 bridgehead atoms. The number of Topliss-reactive ketones (excluding diaryl/α,β-unsaturated/α-hetero) is 1. The van der Waals surface area contributed by atoms with Gasteiger partial charge in [0, 0.05) is 24.3 Å². The van der Waals surface area contributed by atoms with Gasteiger partial charge < -0.3 is 14.6 Å². The highest BCUT2D eigenvalue weighted by Crippen LogP contribution is 2.68. The number of carbonyl (C=O) groups excluding carboxylic acids is 1. The smallest absolute Gasteiger partial charge is 0.335 e. The third-order valence-corrected chi connectivity index (χ3v) is 9.47. The van der Waals surface area contributed by atoms with E-state index in [0.29, 0.717) is 30.9 Å². The summed E-state index contributed by atoms with van der Waals surface area (Å²) in [5.41, 5.74) is -0.604. The number of aliphatic hydroxyl groups is 2. The van der Waals surface area contributed by atoms with Gasteiger partial charge in [0.2, 0.25) is 0 Å². The molecule has 0 amide bonds. The monoisotopic (exact) mass is 400 g/mol. The lowest BCUT2D eigenvalue weighted by molar-refractivity contribution is -0.172. The highest BCUT2D eigenvalue weighted by molar-refractivity contribution is 5.86. The van der Waals surface area contributed by atoms with E-state index in [-0.39, 0.29) is 52.0 Å². The maximum atomic E-state index is 13.3. The Labute approximate surface area is 171 Å². The maximum absolute atomic E-state index is 13.3. The predicted octanol–water partition coefficient (Wildman–Crippen LogP) is 3.28. The van der Waals surface area contributed by atoms with E-state index in [4.69, 9.17) is 4.42 Å². The minimum Gasteiger partial charge on any atom is -0.428 e. The molecule has 0 radical (unpaired) electrons. The van der Waals surface area contributed by atoms with Gasteiger partial charge in [-0.1, -0.05) is 19.9 Å². The zero-order valence-corrected chi connectivity index (χ0v) is 17.3. The van der Waals surface area contributed by atoms with E-state index in [1.165, 1.54) is 6.07 Å². The molecule has 158 valence electrons. The van der Waals surface area contributed by atoms with Crippen LogP contribution < -0.4 is 5.63 Å². The second-order valence-corrected chi connectivity index (χ2v) is 10.7. The van der Waals surface area contributed by atoms with Crippen molar-refractivity contribution in [3.05, 3.63) is 34.4 Å². The first-order chi connectivity index (χ1) is 13.7. The average molecular weight is 401 g/mol. The molecule has 0 spiro atoms. The largest absolute Gasteiger partial charge is 0.428 e. The summed E-state index contributed by atoms with van der Waals surface area (Å²) >= 11 is 0. The van der Waals surface area contributed by atoms with Crippen LogP contribution in [0.4, 0.5) is 0 Å². The van der Waals surface area contributed by atoms with E-state index in [2.05, 4.69) is 13.8 Å². The maximum Gasteiger partial charge on any atom is 0.335 e. The number of hydrogen-bond acceptors (Lipinski definition) is 5. The first kappa shape index (κ1) is 19.5. The Morgan fingerprint density at radius 1 is 1.00 bits per heavy atom. The highest BCUT2D eigenvalue weighted by Gasteiger charge is 2.65. The van der Waals surface area contributed by atoms with E-state index in [1.54, 1.807) is 6.07 Å². The Kier molecular flexibility index (Phi) is 4.38. The molecule has 5 heteroatoms. The Morgan fingerprint density at radius 3 is 2.52 bits per heavy atom. The summed E-state index contributed by atoms with van der Waals surface area (Å²) in [6.45, 7) is 4.49. The Bertz CT molecular complexity index is 876. The number of aliphatic hydroxyl groups excluding tert-OH is 2. The van der Waals surface area contributed by atoms with Crippen LogP contribution in [0, 0.1) is 34.5 Å².